The van der Waals surface area contributed by atoms with Crippen LogP contribution < -0.4 is 0 Å². The Bertz CT molecular complexity index is 651. The molecule has 0 saturated heterocycles. The summed E-state index contributed by atoms with van der Waals surface area (Å²) < 4.78 is 10.9. The number of nitrogens with zero attached hydrogens (tertiary/aromatic N) is 3. The molecule has 4 rings (SSSR count). The fraction of sp³-hybridized carbons (Fsp3) is 0.688. The van der Waals surface area contributed by atoms with Crippen LogP contribution in [0.1, 0.15) is 69.5 Å². The Balaban J connectivity index is 1.54. The molecule has 0 aliphatic heterocycles. The average molecular weight is 303 g/mol. The van der Waals surface area contributed by atoms with Crippen LogP contribution in [0.15, 0.2) is 15.2 Å². The lowest BCUT2D eigenvalue weighted by atomic mass is 9.74. The van der Waals surface area contributed by atoms with Gasteiger partial charge in [0.2, 0.25) is 0 Å². The van der Waals surface area contributed by atoms with E-state index in [0.717, 1.165) is 44.4 Å². The second-order valence-corrected chi connectivity index (χ2v) is 6.91. The van der Waals surface area contributed by atoms with E-state index in [0.29, 0.717) is 23.3 Å². The summed E-state index contributed by atoms with van der Waals surface area (Å²) in [4.78, 5) is 9.03. The van der Waals surface area contributed by atoms with Gasteiger partial charge in [-0.1, -0.05) is 18.5 Å². The Morgan fingerprint density at radius 2 is 1.95 bits per heavy atom. The highest BCUT2D eigenvalue weighted by molar-refractivity contribution is 5.44. The number of rotatable bonds is 3. The number of oxazole rings is 1. The van der Waals surface area contributed by atoms with Gasteiger partial charge >= 0.3 is 0 Å². The van der Waals surface area contributed by atoms with Crippen LogP contribution in [0.3, 0.4) is 0 Å². The van der Waals surface area contributed by atoms with Crippen LogP contribution >= 0.6 is 0 Å². The quantitative estimate of drug-likeness (QED) is 0.937. The number of hydrogen-bond donors (Lipinski definition) is 1. The highest BCUT2D eigenvalue weighted by Gasteiger charge is 2.36. The van der Waals surface area contributed by atoms with Crippen molar-refractivity contribution in [3.8, 4) is 11.6 Å². The number of aromatic nitrogens is 3. The number of aliphatic hydroxyl groups excluding tert-OH is 1. The molecular formula is C16H21N3O3. The summed E-state index contributed by atoms with van der Waals surface area (Å²) in [7, 11) is 0. The van der Waals surface area contributed by atoms with Crippen molar-refractivity contribution in [3.63, 3.8) is 0 Å². The second-order valence-electron chi connectivity index (χ2n) is 6.91. The lowest BCUT2D eigenvalue weighted by Gasteiger charge is -2.32. The number of hydrogen-bond acceptors (Lipinski definition) is 6. The molecule has 6 heteroatoms. The van der Waals surface area contributed by atoms with Gasteiger partial charge in [-0.25, -0.2) is 4.98 Å². The molecule has 2 heterocycles. The van der Waals surface area contributed by atoms with E-state index in [1.807, 2.05) is 0 Å². The van der Waals surface area contributed by atoms with Gasteiger partial charge in [0.05, 0.1) is 6.10 Å². The molecule has 0 aromatic carbocycles. The normalized spacial score (nSPS) is 29.5. The molecule has 0 unspecified atom stereocenters. The third-order valence-corrected chi connectivity index (χ3v) is 5.22. The van der Waals surface area contributed by atoms with E-state index < -0.39 is 0 Å². The van der Waals surface area contributed by atoms with Gasteiger partial charge in [0.25, 0.3) is 5.89 Å². The van der Waals surface area contributed by atoms with E-state index in [9.17, 15) is 5.11 Å². The van der Waals surface area contributed by atoms with E-state index in [2.05, 4.69) is 22.0 Å². The summed E-state index contributed by atoms with van der Waals surface area (Å²) in [5.74, 6) is 2.38. The molecule has 1 N–H and O–H groups in total. The lowest BCUT2D eigenvalue weighted by Crippen LogP contribution is -2.31. The fourth-order valence-corrected chi connectivity index (χ4v) is 3.26. The maximum absolute atomic E-state index is 9.67. The van der Waals surface area contributed by atoms with Crippen molar-refractivity contribution in [1.82, 2.24) is 15.1 Å². The van der Waals surface area contributed by atoms with Crippen LogP contribution in [-0.2, 0) is 5.41 Å². The van der Waals surface area contributed by atoms with Crippen molar-refractivity contribution in [2.24, 2.45) is 0 Å². The van der Waals surface area contributed by atoms with Gasteiger partial charge < -0.3 is 14.0 Å². The predicted octanol–water partition coefficient (Wildman–Crippen LogP) is 3.18. The Kier molecular flexibility index (Phi) is 3.29. The summed E-state index contributed by atoms with van der Waals surface area (Å²) in [5.41, 5.74) is 0.502. The third-order valence-electron chi connectivity index (χ3n) is 5.22. The van der Waals surface area contributed by atoms with Gasteiger partial charge in [-0.15, -0.1) is 0 Å². The van der Waals surface area contributed by atoms with Crippen LogP contribution in [0.2, 0.25) is 0 Å². The van der Waals surface area contributed by atoms with E-state index in [4.69, 9.17) is 8.94 Å². The number of aliphatic hydroxyl groups is 1. The van der Waals surface area contributed by atoms with Gasteiger partial charge in [-0.05, 0) is 38.5 Å². The minimum atomic E-state index is -0.194. The summed E-state index contributed by atoms with van der Waals surface area (Å²) in [6, 6.07) is 0. The van der Waals surface area contributed by atoms with E-state index in [1.54, 1.807) is 6.26 Å². The van der Waals surface area contributed by atoms with Crippen molar-refractivity contribution >= 4 is 0 Å². The van der Waals surface area contributed by atoms with Gasteiger partial charge in [0.15, 0.2) is 17.4 Å². The van der Waals surface area contributed by atoms with Gasteiger partial charge in [0, 0.05) is 11.3 Å². The van der Waals surface area contributed by atoms with Crippen LogP contribution in [-0.4, -0.2) is 26.3 Å². The third kappa shape index (κ3) is 2.35. The van der Waals surface area contributed by atoms with Gasteiger partial charge in [0.1, 0.15) is 6.26 Å². The highest BCUT2D eigenvalue weighted by Crippen LogP contribution is 2.39. The molecule has 2 fully saturated rings. The van der Waals surface area contributed by atoms with Crippen molar-refractivity contribution in [1.29, 1.82) is 0 Å². The lowest BCUT2D eigenvalue weighted by molar-refractivity contribution is 0.0971. The zero-order valence-electron chi connectivity index (χ0n) is 12.8. The predicted molar refractivity (Wildman–Crippen MR) is 78.2 cm³/mol. The molecule has 0 radical (unpaired) electrons. The molecule has 0 bridgehead atoms. The smallest absolute Gasteiger partial charge is 0.279 e. The molecule has 0 amide bonds. The monoisotopic (exact) mass is 303 g/mol. The van der Waals surface area contributed by atoms with Crippen molar-refractivity contribution < 1.29 is 14.0 Å². The zero-order chi connectivity index (χ0) is 15.2. The van der Waals surface area contributed by atoms with Crippen LogP contribution in [0.4, 0.5) is 0 Å². The Morgan fingerprint density at radius 3 is 2.64 bits per heavy atom. The minimum Gasteiger partial charge on any atom is -0.448 e. The second kappa shape index (κ2) is 5.19. The first kappa shape index (κ1) is 13.9. The highest BCUT2D eigenvalue weighted by atomic mass is 16.5. The van der Waals surface area contributed by atoms with E-state index >= 15 is 0 Å². The first-order valence-corrected chi connectivity index (χ1v) is 8.12. The molecule has 6 nitrogen and oxygen atoms in total. The molecule has 2 aliphatic carbocycles. The standard InChI is InChI=1S/C16H21N3O3/c1-16(7-5-11(20)6-8-16)15-18-14(22-19-15)12-9-21-13(17-12)10-3-2-4-10/h9-11,20H,2-8H2,1H3. The van der Waals surface area contributed by atoms with Crippen molar-refractivity contribution in [2.45, 2.75) is 69.3 Å². The first-order valence-electron chi connectivity index (χ1n) is 8.12. The zero-order valence-corrected chi connectivity index (χ0v) is 12.8. The van der Waals surface area contributed by atoms with Gasteiger partial charge in [-0.3, -0.25) is 0 Å². The Morgan fingerprint density at radius 1 is 1.18 bits per heavy atom. The maximum Gasteiger partial charge on any atom is 0.279 e. The maximum atomic E-state index is 9.67. The summed E-state index contributed by atoms with van der Waals surface area (Å²) in [6.45, 7) is 2.14. The molecule has 2 saturated carbocycles. The van der Waals surface area contributed by atoms with Crippen molar-refractivity contribution in [3.05, 3.63) is 18.0 Å². The SMILES string of the molecule is CC1(c2noc(-c3coc(C4CCC4)n3)n2)CCC(O)CC1. The topological polar surface area (TPSA) is 85.2 Å². The van der Waals surface area contributed by atoms with Crippen LogP contribution in [0.5, 0.6) is 0 Å². The van der Waals surface area contributed by atoms with E-state index in [-0.39, 0.29) is 11.5 Å². The molecule has 118 valence electrons. The minimum absolute atomic E-state index is 0.123. The fourth-order valence-electron chi connectivity index (χ4n) is 3.26. The first-order chi connectivity index (χ1) is 10.6. The van der Waals surface area contributed by atoms with Gasteiger partial charge in [-0.2, -0.15) is 4.98 Å². The molecule has 0 spiro atoms. The summed E-state index contributed by atoms with van der Waals surface area (Å²) >= 11 is 0. The van der Waals surface area contributed by atoms with Crippen LogP contribution in [0.25, 0.3) is 11.6 Å². The summed E-state index contributed by atoms with van der Waals surface area (Å²) in [5, 5.41) is 13.8. The molecule has 2 aromatic heterocycles. The molecule has 0 atom stereocenters. The molecular weight excluding hydrogens is 282 g/mol. The van der Waals surface area contributed by atoms with E-state index in [1.165, 1.54) is 6.42 Å². The average Bonchev–Trinajstić information content (AvgIpc) is 3.09. The molecule has 2 aromatic rings. The molecule has 2 aliphatic rings. The Hall–Kier alpha value is -1.69. The largest absolute Gasteiger partial charge is 0.448 e. The molecule has 22 heavy (non-hydrogen) atoms. The van der Waals surface area contributed by atoms with Crippen LogP contribution in [0, 0.1) is 0 Å². The van der Waals surface area contributed by atoms with Crippen molar-refractivity contribution in [2.75, 3.05) is 0 Å². The Labute approximate surface area is 128 Å². The summed E-state index contributed by atoms with van der Waals surface area (Å²) in [6.07, 6.45) is 8.28.